The number of benzene rings is 3. The average molecular weight is 528 g/mol. The molecule has 0 unspecified atom stereocenters. The average Bonchev–Trinajstić information content (AvgIpc) is 3.11. The van der Waals surface area contributed by atoms with Gasteiger partial charge in [-0.3, -0.25) is 19.3 Å². The summed E-state index contributed by atoms with van der Waals surface area (Å²) in [5.74, 6) is 0.110. The van der Waals surface area contributed by atoms with E-state index in [1.807, 2.05) is 0 Å². The van der Waals surface area contributed by atoms with Gasteiger partial charge < -0.3 is 9.47 Å². The van der Waals surface area contributed by atoms with Gasteiger partial charge in [-0.25, -0.2) is 0 Å². The lowest BCUT2D eigenvalue weighted by Gasteiger charge is -2.12. The summed E-state index contributed by atoms with van der Waals surface area (Å²) in [6.45, 7) is -0.102. The zero-order valence-corrected chi connectivity index (χ0v) is 20.8. The Morgan fingerprint density at radius 3 is 2.49 bits per heavy atom. The van der Waals surface area contributed by atoms with Crippen LogP contribution in [0.25, 0.3) is 6.08 Å². The molecule has 0 aromatic heterocycles. The van der Waals surface area contributed by atoms with Gasteiger partial charge in [0.15, 0.2) is 17.3 Å². The topological polar surface area (TPSA) is 72.9 Å². The van der Waals surface area contributed by atoms with E-state index in [1.54, 1.807) is 72.8 Å². The van der Waals surface area contributed by atoms with E-state index in [2.05, 4.69) is 0 Å². The number of hydrogen-bond acceptors (Lipinski definition) is 6. The quantitative estimate of drug-likeness (QED) is 0.246. The summed E-state index contributed by atoms with van der Waals surface area (Å²) in [5.41, 5.74) is 1.84. The number of rotatable bonds is 8. The third kappa shape index (κ3) is 5.88. The van der Waals surface area contributed by atoms with E-state index in [4.69, 9.17) is 32.7 Å². The standard InChI is InChI=1S/C26H19Cl2NO5S/c1-33-23-11-16(7-10-22(23)34-15-18-8-9-19(27)13-20(18)28)12-24-25(31)29(26(32)35-24)14-21(30)17-5-3-2-4-6-17/h2-13H,14-15H2,1H3/b24-12+. The first-order chi connectivity index (χ1) is 16.9. The fourth-order valence-corrected chi connectivity index (χ4v) is 4.64. The second kappa shape index (κ2) is 11.0. The smallest absolute Gasteiger partial charge is 0.293 e. The summed E-state index contributed by atoms with van der Waals surface area (Å²) >= 11 is 12.9. The summed E-state index contributed by atoms with van der Waals surface area (Å²) in [6.07, 6.45) is 1.58. The van der Waals surface area contributed by atoms with E-state index >= 15 is 0 Å². The molecule has 1 heterocycles. The fourth-order valence-electron chi connectivity index (χ4n) is 3.33. The normalized spacial score (nSPS) is 14.5. The number of imide groups is 1. The van der Waals surface area contributed by atoms with Gasteiger partial charge in [-0.15, -0.1) is 0 Å². The zero-order valence-electron chi connectivity index (χ0n) is 18.5. The number of nitrogens with zero attached hydrogens (tertiary/aromatic N) is 1. The first kappa shape index (κ1) is 24.9. The summed E-state index contributed by atoms with van der Waals surface area (Å²) in [4.78, 5) is 38.9. The second-order valence-electron chi connectivity index (χ2n) is 7.49. The molecule has 1 aliphatic heterocycles. The minimum absolute atomic E-state index is 0.208. The van der Waals surface area contributed by atoms with Crippen LogP contribution in [0.2, 0.25) is 10.0 Å². The van der Waals surface area contributed by atoms with Crippen LogP contribution in [0.15, 0.2) is 71.6 Å². The lowest BCUT2D eigenvalue weighted by atomic mass is 10.1. The van der Waals surface area contributed by atoms with E-state index in [0.717, 1.165) is 22.2 Å². The first-order valence-electron chi connectivity index (χ1n) is 10.4. The fraction of sp³-hybridized carbons (Fsp3) is 0.115. The van der Waals surface area contributed by atoms with Crippen LogP contribution < -0.4 is 9.47 Å². The van der Waals surface area contributed by atoms with Crippen LogP contribution in [-0.4, -0.2) is 35.5 Å². The molecule has 1 fully saturated rings. The highest BCUT2D eigenvalue weighted by atomic mass is 35.5. The molecule has 0 aliphatic carbocycles. The first-order valence-corrected chi connectivity index (χ1v) is 12.0. The molecule has 0 spiro atoms. The van der Waals surface area contributed by atoms with Crippen molar-refractivity contribution in [2.75, 3.05) is 13.7 Å². The third-order valence-corrected chi connectivity index (χ3v) is 6.65. The number of carbonyl (C=O) groups excluding carboxylic acids is 3. The van der Waals surface area contributed by atoms with Gasteiger partial charge in [0, 0.05) is 21.2 Å². The molecule has 0 radical (unpaired) electrons. The van der Waals surface area contributed by atoms with Crippen molar-refractivity contribution in [3.63, 3.8) is 0 Å². The number of amides is 2. The molecular weight excluding hydrogens is 509 g/mol. The van der Waals surface area contributed by atoms with Gasteiger partial charge in [-0.05, 0) is 47.7 Å². The Labute approximate surface area is 216 Å². The van der Waals surface area contributed by atoms with Gasteiger partial charge in [-0.1, -0.05) is 65.7 Å². The van der Waals surface area contributed by atoms with Crippen LogP contribution in [0.5, 0.6) is 11.5 Å². The van der Waals surface area contributed by atoms with Gasteiger partial charge in [0.2, 0.25) is 0 Å². The van der Waals surface area contributed by atoms with Crippen LogP contribution in [0.4, 0.5) is 4.79 Å². The van der Waals surface area contributed by atoms with E-state index in [1.165, 1.54) is 7.11 Å². The van der Waals surface area contributed by atoms with Crippen molar-refractivity contribution in [1.29, 1.82) is 0 Å². The Bertz CT molecular complexity index is 1330. The van der Waals surface area contributed by atoms with Crippen molar-refractivity contribution < 1.29 is 23.9 Å². The maximum absolute atomic E-state index is 12.8. The van der Waals surface area contributed by atoms with Gasteiger partial charge in [0.25, 0.3) is 11.1 Å². The maximum atomic E-state index is 12.8. The SMILES string of the molecule is COc1cc(/C=C2/SC(=O)N(CC(=O)c3ccccc3)C2=O)ccc1OCc1ccc(Cl)cc1Cl. The molecule has 178 valence electrons. The summed E-state index contributed by atoms with van der Waals surface area (Å²) < 4.78 is 11.3. The Morgan fingerprint density at radius 2 is 1.77 bits per heavy atom. The molecular formula is C26H19Cl2NO5S. The summed E-state index contributed by atoms with van der Waals surface area (Å²) in [5, 5.41) is 0.543. The molecule has 2 amide bonds. The zero-order chi connectivity index (χ0) is 24.9. The third-order valence-electron chi connectivity index (χ3n) is 5.15. The minimum Gasteiger partial charge on any atom is -0.493 e. The molecule has 3 aromatic rings. The highest BCUT2D eigenvalue weighted by Crippen LogP contribution is 2.35. The van der Waals surface area contributed by atoms with E-state index in [9.17, 15) is 14.4 Å². The van der Waals surface area contributed by atoms with Crippen LogP contribution in [0.1, 0.15) is 21.5 Å². The predicted octanol–water partition coefficient (Wildman–Crippen LogP) is 6.50. The Morgan fingerprint density at radius 1 is 1.00 bits per heavy atom. The largest absolute Gasteiger partial charge is 0.493 e. The van der Waals surface area contributed by atoms with Gasteiger partial charge >= 0.3 is 0 Å². The van der Waals surface area contributed by atoms with Crippen LogP contribution in [0.3, 0.4) is 0 Å². The van der Waals surface area contributed by atoms with E-state index < -0.39 is 11.1 Å². The molecule has 0 atom stereocenters. The van der Waals surface area contributed by atoms with Crippen LogP contribution in [-0.2, 0) is 11.4 Å². The molecule has 0 bridgehead atoms. The van der Waals surface area contributed by atoms with Crippen molar-refractivity contribution in [2.45, 2.75) is 6.61 Å². The summed E-state index contributed by atoms with van der Waals surface area (Å²) in [6, 6.07) is 18.8. The monoisotopic (exact) mass is 527 g/mol. The number of hydrogen-bond donors (Lipinski definition) is 0. The highest BCUT2D eigenvalue weighted by Gasteiger charge is 2.36. The van der Waals surface area contributed by atoms with E-state index in [-0.39, 0.29) is 23.8 Å². The lowest BCUT2D eigenvalue weighted by molar-refractivity contribution is -0.122. The van der Waals surface area contributed by atoms with Crippen molar-refractivity contribution in [3.05, 3.63) is 98.4 Å². The van der Waals surface area contributed by atoms with Gasteiger partial charge in [0.05, 0.1) is 18.6 Å². The molecule has 35 heavy (non-hydrogen) atoms. The molecule has 3 aromatic carbocycles. The lowest BCUT2D eigenvalue weighted by Crippen LogP contribution is -2.33. The highest BCUT2D eigenvalue weighted by molar-refractivity contribution is 8.18. The van der Waals surface area contributed by atoms with Crippen LogP contribution >= 0.6 is 35.0 Å². The molecule has 9 heteroatoms. The number of thioether (sulfide) groups is 1. The molecule has 0 N–H and O–H groups in total. The predicted molar refractivity (Wildman–Crippen MR) is 137 cm³/mol. The molecule has 6 nitrogen and oxygen atoms in total. The Balaban J connectivity index is 1.47. The number of ether oxygens (including phenoxy) is 2. The van der Waals surface area contributed by atoms with Crippen LogP contribution in [0, 0.1) is 0 Å². The number of halogens is 2. The molecule has 0 saturated carbocycles. The second-order valence-corrected chi connectivity index (χ2v) is 9.33. The number of ketones is 1. The Kier molecular flexibility index (Phi) is 7.80. The molecule has 1 aliphatic rings. The van der Waals surface area contributed by atoms with E-state index in [0.29, 0.717) is 32.7 Å². The maximum Gasteiger partial charge on any atom is 0.293 e. The minimum atomic E-state index is -0.513. The van der Waals surface area contributed by atoms with Crippen molar-refractivity contribution in [3.8, 4) is 11.5 Å². The molecule has 1 saturated heterocycles. The van der Waals surface area contributed by atoms with Gasteiger partial charge in [-0.2, -0.15) is 0 Å². The number of carbonyl (C=O) groups is 3. The Hall–Kier alpha value is -3.26. The van der Waals surface area contributed by atoms with Crippen molar-refractivity contribution in [2.24, 2.45) is 0 Å². The van der Waals surface area contributed by atoms with Gasteiger partial charge in [0.1, 0.15) is 6.61 Å². The summed E-state index contributed by atoms with van der Waals surface area (Å²) in [7, 11) is 1.50. The number of Topliss-reactive ketones (excluding diaryl/α,β-unsaturated/α-hetero) is 1. The molecule has 4 rings (SSSR count). The van der Waals surface area contributed by atoms with Crippen molar-refractivity contribution in [1.82, 2.24) is 4.90 Å². The number of methoxy groups -OCH3 is 1. The van der Waals surface area contributed by atoms with Crippen molar-refractivity contribution >= 4 is 58.0 Å².